The molecule has 0 spiro atoms. The molecule has 0 rings (SSSR count). The molecule has 32 heavy (non-hydrogen) atoms. The Morgan fingerprint density at radius 3 is 0.906 bits per heavy atom. The van der Waals surface area contributed by atoms with Crippen molar-refractivity contribution in [3.05, 3.63) is 0 Å². The van der Waals surface area contributed by atoms with Gasteiger partial charge in [-0.05, 0) is 0 Å². The molecule has 0 N–H and O–H groups in total. The van der Waals surface area contributed by atoms with Gasteiger partial charge in [-0.3, -0.25) is 0 Å². The Hall–Kier alpha value is 20.7. The Labute approximate surface area is 365 Å². The summed E-state index contributed by atoms with van der Waals surface area (Å²) in [4.78, 5) is 0.363. The number of halogens is 23. The van der Waals surface area contributed by atoms with Crippen molar-refractivity contribution in [2.45, 2.75) is 0 Å². The fourth-order valence-corrected chi connectivity index (χ4v) is 4000. The number of hydrogen-bond acceptors (Lipinski definition) is 0. The molecule has 216 valence electrons. The van der Waals surface area contributed by atoms with E-state index in [0.717, 1.165) is 0 Å². The summed E-state index contributed by atoms with van der Waals surface area (Å²) >= 11 is 37.2. The van der Waals surface area contributed by atoms with Crippen LogP contribution in [0.3, 0.4) is 0 Å². The summed E-state index contributed by atoms with van der Waals surface area (Å²) in [5.74, 6) is 0. The summed E-state index contributed by atoms with van der Waals surface area (Å²) in [5.41, 5.74) is 0. The molecule has 0 heterocycles. The average Bonchev–Trinajstić information content (AvgIpc) is 2.73. The molecule has 0 radical (unpaired) electrons. The van der Waals surface area contributed by atoms with E-state index in [-0.39, 0.29) is 21.0 Å². The third-order valence-electron chi connectivity index (χ3n) is 1.53. The van der Waals surface area contributed by atoms with E-state index in [2.05, 4.69) is 268 Å². The fraction of sp³-hybridized carbons (Fsp3) is 0. The van der Waals surface area contributed by atoms with Crippen LogP contribution in [0.1, 0.15) is 0 Å². The van der Waals surface area contributed by atoms with Crippen molar-refractivity contribution in [2.75, 3.05) is 0 Å². The van der Waals surface area contributed by atoms with E-state index in [1.165, 1.54) is 0 Å². The second-order valence-electron chi connectivity index (χ2n) is 3.12. The average molecular weight is 3210 g/mol. The number of rotatable bonds is 14. The van der Waals surface area contributed by atoms with E-state index in [0.29, 0.717) is 4.94 Å². The van der Waals surface area contributed by atoms with Crippen LogP contribution >= 0.6 is 384 Å². The van der Waals surface area contributed by atoms with Crippen molar-refractivity contribution in [3.63, 3.8) is 0 Å². The normalized spacial score (nSPS) is 19.0. The van der Waals surface area contributed by atoms with Gasteiger partial charge in [-0.1, -0.05) is 0 Å². The van der Waals surface area contributed by atoms with Crippen LogP contribution < -0.4 is 0 Å². The first-order valence-corrected chi connectivity index (χ1v) is 162. The summed E-state index contributed by atoms with van der Waals surface area (Å²) in [6.45, 7) is 0.477. The van der Waals surface area contributed by atoms with Crippen LogP contribution in [0.5, 0.6) is 0 Å². The molecule has 0 bridgehead atoms. The van der Waals surface area contributed by atoms with E-state index in [1.54, 1.807) is 0 Å². The molecular weight excluding hydrogens is 3200 g/mol. The van der Waals surface area contributed by atoms with Gasteiger partial charge >= 0.3 is 384 Å². The van der Waals surface area contributed by atoms with Gasteiger partial charge in [0.25, 0.3) is 0 Å². The molecule has 7 unspecified atom stereocenters. The minimum atomic E-state index is -0.733. The molecule has 0 saturated carbocycles. The van der Waals surface area contributed by atoms with Gasteiger partial charge in [0.05, 0.1) is 0 Å². The molecule has 7 atom stereocenters. The standard InChI is InChI=1S/H10I23P9/c1-13(2)14(3)15(4)16(5)17(6)18(7)19(8)20(9)21(10)22(11)23(12)29(30(24)25)32(28)31(26)27/h24-28H2. The van der Waals surface area contributed by atoms with Gasteiger partial charge in [-0.2, -0.15) is 0 Å². The summed E-state index contributed by atoms with van der Waals surface area (Å²) in [7, 11) is 11.1. The van der Waals surface area contributed by atoms with E-state index < -0.39 is 90.3 Å². The Kier molecular flexibility index (Phi) is 50.6. The fourth-order valence-electron chi connectivity index (χ4n) is 0.639. The van der Waals surface area contributed by atoms with E-state index >= 15 is 0 Å². The maximum absolute atomic E-state index is 3.39. The van der Waals surface area contributed by atoms with Crippen molar-refractivity contribution < 1.29 is 0 Å². The van der Waals surface area contributed by atoms with Crippen molar-refractivity contribution in [1.29, 1.82) is 0 Å². The molecule has 0 saturated heterocycles. The molecule has 0 nitrogen and oxygen atoms in total. The predicted molar refractivity (Wildman–Crippen MR) is 399 cm³/mol. The van der Waals surface area contributed by atoms with Gasteiger partial charge in [0.2, 0.25) is 0 Å². The van der Waals surface area contributed by atoms with Gasteiger partial charge in [-0.25, -0.2) is 0 Å². The van der Waals surface area contributed by atoms with Gasteiger partial charge in [0, 0.05) is 0 Å². The first kappa shape index (κ1) is 52.7. The monoisotopic (exact) mass is 3210 g/mol. The molecule has 0 aromatic rings. The van der Waals surface area contributed by atoms with Crippen LogP contribution in [0.2, 0.25) is 0 Å². The maximum atomic E-state index is 3.39. The third kappa shape index (κ3) is 21.3. The third-order valence-corrected chi connectivity index (χ3v) is 1730. The first-order valence-electron chi connectivity index (χ1n) is 5.20. The minimum absolute atomic E-state index is 0.114. The van der Waals surface area contributed by atoms with Gasteiger partial charge < -0.3 is 0 Å². The van der Waals surface area contributed by atoms with Gasteiger partial charge in [-0.15, -0.1) is 0 Å². The van der Waals surface area contributed by atoms with Crippen molar-refractivity contribution in [3.8, 4) is 0 Å². The SMILES string of the molecule is PP(P)P(P)P(P(P)P)I(I)I(I)I(I)I(I)I(I)I(I)I(I)I(I)I(I)I(I)I(I)I. The molecule has 0 fully saturated rings. The van der Waals surface area contributed by atoms with Crippen molar-refractivity contribution in [1.82, 2.24) is 0 Å². The summed E-state index contributed by atoms with van der Waals surface area (Å²) < 4.78 is 0. The summed E-state index contributed by atoms with van der Waals surface area (Å²) in [6.07, 6.45) is 0. The summed E-state index contributed by atoms with van der Waals surface area (Å²) in [5, 5.41) is 0. The van der Waals surface area contributed by atoms with Gasteiger partial charge in [0.15, 0.2) is 0 Å². The van der Waals surface area contributed by atoms with Crippen LogP contribution in [0.25, 0.3) is 0 Å². The molecule has 0 aromatic heterocycles. The zero-order valence-corrected chi connectivity index (χ0v) is 72.3. The van der Waals surface area contributed by atoms with Gasteiger partial charge in [0.1, 0.15) is 0 Å². The molecule has 0 amide bonds. The Morgan fingerprint density at radius 1 is 0.375 bits per heavy atom. The molecule has 0 aromatic carbocycles. The first-order chi connectivity index (χ1) is 14.5. The summed E-state index contributed by atoms with van der Waals surface area (Å²) in [6, 6.07) is 0. The van der Waals surface area contributed by atoms with Crippen molar-refractivity contribution >= 4 is 384 Å². The molecule has 32 heteroatoms. The molecular formula is H10I23P9. The van der Waals surface area contributed by atoms with Crippen LogP contribution in [0, 0.1) is 0 Å². The topological polar surface area (TPSA) is 0 Å². The van der Waals surface area contributed by atoms with Crippen LogP contribution in [0.15, 0.2) is 0 Å². The second-order valence-corrected chi connectivity index (χ2v) is 563. The van der Waals surface area contributed by atoms with Crippen LogP contribution in [0.4, 0.5) is 0 Å². The Bertz CT molecular complexity index is 516. The van der Waals surface area contributed by atoms with Crippen molar-refractivity contribution in [2.24, 2.45) is 0 Å². The zero-order valence-electron chi connectivity index (χ0n) is 13.4. The molecule has 0 aliphatic heterocycles. The second kappa shape index (κ2) is 30.8. The quantitative estimate of drug-likeness (QED) is 0.120. The van der Waals surface area contributed by atoms with E-state index in [4.69, 9.17) is 0 Å². The molecule has 0 aliphatic carbocycles. The Morgan fingerprint density at radius 2 is 0.656 bits per heavy atom. The van der Waals surface area contributed by atoms with Crippen LogP contribution in [-0.2, 0) is 0 Å². The molecule has 0 aliphatic rings. The van der Waals surface area contributed by atoms with E-state index in [1.807, 2.05) is 0 Å². The zero-order chi connectivity index (χ0) is 25.7. The predicted octanol–water partition coefficient (Wildman–Crippen LogP) is 25.4. The van der Waals surface area contributed by atoms with Crippen LogP contribution in [-0.4, -0.2) is 0 Å². The number of hydrogen-bond donors (Lipinski definition) is 0. The Balaban J connectivity index is 5.38. The van der Waals surface area contributed by atoms with E-state index in [9.17, 15) is 0 Å².